The number of imidazole rings is 1. The molecule has 5 aromatic rings. The van der Waals surface area contributed by atoms with Gasteiger partial charge in [-0.1, -0.05) is 60.3 Å². The van der Waals surface area contributed by atoms with E-state index < -0.39 is 0 Å². The molecule has 0 amide bonds. The standard InChI is InChI=1S/C25H23N5OS/c1-2-26-22-21-24(29-25(28-22)32-17-15-18-10-5-3-6-11-18)30(19-12-7-4-8-13-19)23(27-21)20-14-9-16-31-20/h3-14,16H,2,15,17H2,1H3,(H,26,28,29). The molecule has 0 bridgehead atoms. The van der Waals surface area contributed by atoms with Crippen molar-refractivity contribution in [2.24, 2.45) is 0 Å². The van der Waals surface area contributed by atoms with Gasteiger partial charge in [-0.05, 0) is 43.2 Å². The Morgan fingerprint density at radius 2 is 1.69 bits per heavy atom. The number of nitrogens with one attached hydrogen (secondary N) is 1. The number of hydrogen-bond donors (Lipinski definition) is 1. The molecule has 0 aliphatic heterocycles. The van der Waals surface area contributed by atoms with Crippen LogP contribution in [0.25, 0.3) is 28.4 Å². The molecule has 160 valence electrons. The second kappa shape index (κ2) is 9.28. The highest BCUT2D eigenvalue weighted by Gasteiger charge is 2.21. The molecule has 1 N–H and O–H groups in total. The SMILES string of the molecule is CCNc1nc(SCCc2ccccc2)nc2c1nc(-c1ccco1)n2-c1ccccc1. The molecule has 0 fully saturated rings. The molecule has 0 saturated carbocycles. The van der Waals surface area contributed by atoms with Gasteiger partial charge in [-0.15, -0.1) is 0 Å². The molecule has 3 aromatic heterocycles. The van der Waals surface area contributed by atoms with Crippen molar-refractivity contribution in [2.45, 2.75) is 18.5 Å². The average Bonchev–Trinajstić information content (AvgIpc) is 3.49. The quantitative estimate of drug-likeness (QED) is 0.241. The third-order valence-electron chi connectivity index (χ3n) is 5.05. The topological polar surface area (TPSA) is 68.8 Å². The van der Waals surface area contributed by atoms with Crippen molar-refractivity contribution in [2.75, 3.05) is 17.6 Å². The molecule has 0 spiro atoms. The van der Waals surface area contributed by atoms with Crippen molar-refractivity contribution in [3.05, 3.63) is 84.6 Å². The molecule has 3 heterocycles. The maximum absolute atomic E-state index is 5.70. The molecule has 6 nitrogen and oxygen atoms in total. The van der Waals surface area contributed by atoms with Crippen molar-refractivity contribution in [3.63, 3.8) is 0 Å². The first kappa shape index (κ1) is 20.3. The summed E-state index contributed by atoms with van der Waals surface area (Å²) in [5, 5.41) is 4.09. The lowest BCUT2D eigenvalue weighted by molar-refractivity contribution is 0.576. The van der Waals surface area contributed by atoms with E-state index in [1.165, 1.54) is 5.56 Å². The Kier molecular flexibility index (Phi) is 5.89. The zero-order valence-corrected chi connectivity index (χ0v) is 18.5. The number of aromatic nitrogens is 4. The fourth-order valence-electron chi connectivity index (χ4n) is 3.59. The molecule has 0 aliphatic carbocycles. The lowest BCUT2D eigenvalue weighted by atomic mass is 10.2. The lowest BCUT2D eigenvalue weighted by Crippen LogP contribution is -2.04. The summed E-state index contributed by atoms with van der Waals surface area (Å²) in [4.78, 5) is 14.6. The van der Waals surface area contributed by atoms with Crippen molar-refractivity contribution < 1.29 is 4.42 Å². The fourth-order valence-corrected chi connectivity index (χ4v) is 4.42. The first-order valence-electron chi connectivity index (χ1n) is 10.6. The first-order valence-corrected chi connectivity index (χ1v) is 11.6. The van der Waals surface area contributed by atoms with E-state index in [0.29, 0.717) is 11.6 Å². The third kappa shape index (κ3) is 4.11. The number of thioether (sulfide) groups is 1. The smallest absolute Gasteiger partial charge is 0.191 e. The number of furan rings is 1. The van der Waals surface area contributed by atoms with Crippen molar-refractivity contribution in [1.82, 2.24) is 19.5 Å². The van der Waals surface area contributed by atoms with Crippen molar-refractivity contribution in [3.8, 4) is 17.3 Å². The number of aryl methyl sites for hydroxylation is 1. The van der Waals surface area contributed by atoms with Gasteiger partial charge in [0.05, 0.1) is 6.26 Å². The minimum absolute atomic E-state index is 0.688. The Morgan fingerprint density at radius 3 is 2.41 bits per heavy atom. The van der Waals surface area contributed by atoms with Crippen LogP contribution in [0.1, 0.15) is 12.5 Å². The Labute approximate surface area is 190 Å². The first-order chi connectivity index (χ1) is 15.8. The average molecular weight is 442 g/mol. The number of benzene rings is 2. The predicted molar refractivity (Wildman–Crippen MR) is 129 cm³/mol. The van der Waals surface area contributed by atoms with Gasteiger partial charge < -0.3 is 9.73 Å². The number of fused-ring (bicyclic) bond motifs is 1. The molecule has 2 aromatic carbocycles. The Balaban J connectivity index is 1.59. The summed E-state index contributed by atoms with van der Waals surface area (Å²) >= 11 is 1.65. The van der Waals surface area contributed by atoms with Crippen molar-refractivity contribution >= 4 is 28.7 Å². The van der Waals surface area contributed by atoms with E-state index in [4.69, 9.17) is 19.4 Å². The van der Waals surface area contributed by atoms with E-state index in [1.807, 2.05) is 53.1 Å². The zero-order chi connectivity index (χ0) is 21.8. The summed E-state index contributed by atoms with van der Waals surface area (Å²) in [5.41, 5.74) is 3.77. The second-order valence-corrected chi connectivity index (χ2v) is 8.29. The van der Waals surface area contributed by atoms with Gasteiger partial charge in [0, 0.05) is 18.0 Å². The van der Waals surface area contributed by atoms with Gasteiger partial charge in [-0.2, -0.15) is 0 Å². The largest absolute Gasteiger partial charge is 0.461 e. The van der Waals surface area contributed by atoms with Crippen LogP contribution in [0.2, 0.25) is 0 Å². The number of hydrogen-bond acceptors (Lipinski definition) is 6. The number of para-hydroxylation sites is 1. The molecule has 0 unspecified atom stereocenters. The van der Waals surface area contributed by atoms with E-state index in [1.54, 1.807) is 18.0 Å². The Hall–Kier alpha value is -3.58. The summed E-state index contributed by atoms with van der Waals surface area (Å²) in [6.07, 6.45) is 2.62. The highest BCUT2D eigenvalue weighted by molar-refractivity contribution is 7.99. The highest BCUT2D eigenvalue weighted by Crippen LogP contribution is 2.32. The molecular weight excluding hydrogens is 418 g/mol. The van der Waals surface area contributed by atoms with E-state index >= 15 is 0 Å². The molecule has 0 saturated heterocycles. The van der Waals surface area contributed by atoms with Gasteiger partial charge in [0.15, 0.2) is 33.7 Å². The van der Waals surface area contributed by atoms with Crippen LogP contribution < -0.4 is 5.32 Å². The van der Waals surface area contributed by atoms with Crippen LogP contribution >= 0.6 is 11.8 Å². The zero-order valence-electron chi connectivity index (χ0n) is 17.7. The van der Waals surface area contributed by atoms with Crippen LogP contribution in [-0.4, -0.2) is 31.8 Å². The van der Waals surface area contributed by atoms with E-state index in [9.17, 15) is 0 Å². The molecule has 0 aliphatic rings. The monoisotopic (exact) mass is 441 g/mol. The predicted octanol–water partition coefficient (Wildman–Crippen LogP) is 5.84. The minimum Gasteiger partial charge on any atom is -0.461 e. The van der Waals surface area contributed by atoms with Crippen LogP contribution in [0.5, 0.6) is 0 Å². The summed E-state index contributed by atoms with van der Waals surface area (Å²) in [5.74, 6) is 3.02. The van der Waals surface area contributed by atoms with Crippen molar-refractivity contribution in [1.29, 1.82) is 0 Å². The second-order valence-electron chi connectivity index (χ2n) is 7.23. The summed E-state index contributed by atoms with van der Waals surface area (Å²) in [6, 6.07) is 24.4. The fraction of sp³-hybridized carbons (Fsp3) is 0.160. The minimum atomic E-state index is 0.688. The maximum atomic E-state index is 5.70. The molecular formula is C25H23N5OS. The molecule has 0 atom stereocenters. The van der Waals surface area contributed by atoms with Gasteiger partial charge in [0.1, 0.15) is 0 Å². The van der Waals surface area contributed by atoms with Crippen LogP contribution in [0.4, 0.5) is 5.82 Å². The molecule has 7 heteroatoms. The van der Waals surface area contributed by atoms with E-state index in [-0.39, 0.29) is 0 Å². The summed E-state index contributed by atoms with van der Waals surface area (Å²) in [6.45, 7) is 2.80. The van der Waals surface area contributed by atoms with Crippen LogP contribution in [-0.2, 0) is 6.42 Å². The van der Waals surface area contributed by atoms with E-state index in [2.05, 4.69) is 36.5 Å². The van der Waals surface area contributed by atoms with Gasteiger partial charge in [-0.3, -0.25) is 4.57 Å². The van der Waals surface area contributed by atoms with E-state index in [0.717, 1.165) is 46.5 Å². The summed E-state index contributed by atoms with van der Waals surface area (Å²) in [7, 11) is 0. The maximum Gasteiger partial charge on any atom is 0.191 e. The Bertz CT molecular complexity index is 1300. The van der Waals surface area contributed by atoms with Crippen LogP contribution in [0, 0.1) is 0 Å². The van der Waals surface area contributed by atoms with Crippen LogP contribution in [0.3, 0.4) is 0 Å². The lowest BCUT2D eigenvalue weighted by Gasteiger charge is -2.09. The number of nitrogens with zero attached hydrogens (tertiary/aromatic N) is 4. The molecule has 0 radical (unpaired) electrons. The van der Waals surface area contributed by atoms with Gasteiger partial charge in [-0.25, -0.2) is 15.0 Å². The van der Waals surface area contributed by atoms with Gasteiger partial charge in [0.2, 0.25) is 0 Å². The third-order valence-corrected chi connectivity index (χ3v) is 5.90. The van der Waals surface area contributed by atoms with Gasteiger partial charge >= 0.3 is 0 Å². The number of rotatable bonds is 8. The van der Waals surface area contributed by atoms with Crippen LogP contribution in [0.15, 0.2) is 88.6 Å². The number of anilines is 1. The molecule has 5 rings (SSSR count). The Morgan fingerprint density at radius 1 is 0.906 bits per heavy atom. The van der Waals surface area contributed by atoms with Gasteiger partial charge in [0.25, 0.3) is 0 Å². The molecule has 32 heavy (non-hydrogen) atoms. The normalized spacial score (nSPS) is 11.2. The summed E-state index contributed by atoms with van der Waals surface area (Å²) < 4.78 is 7.74. The highest BCUT2D eigenvalue weighted by atomic mass is 32.2.